The van der Waals surface area contributed by atoms with E-state index in [-0.39, 0.29) is 24.8 Å². The van der Waals surface area contributed by atoms with E-state index in [1.807, 2.05) is 12.1 Å². The van der Waals surface area contributed by atoms with Crippen molar-refractivity contribution < 1.29 is 27.8 Å². The lowest BCUT2D eigenvalue weighted by atomic mass is 10.1. The fourth-order valence-corrected chi connectivity index (χ4v) is 2.64. The number of nitrogens with zero attached hydrogens (tertiary/aromatic N) is 2. The van der Waals surface area contributed by atoms with Crippen LogP contribution in [0.3, 0.4) is 0 Å². The first-order valence-corrected chi connectivity index (χ1v) is 8.88. The molecular formula is C20H19F3N4O3. The summed E-state index contributed by atoms with van der Waals surface area (Å²) in [5, 5.41) is 15.0. The predicted molar refractivity (Wildman–Crippen MR) is 106 cm³/mol. The van der Waals surface area contributed by atoms with Crippen LogP contribution in [0, 0.1) is 0 Å². The third kappa shape index (κ3) is 5.74. The highest BCUT2D eigenvalue weighted by Gasteiger charge is 2.31. The lowest BCUT2D eigenvalue weighted by Gasteiger charge is -2.14. The Morgan fingerprint density at radius 1 is 1.03 bits per heavy atom. The van der Waals surface area contributed by atoms with Crippen molar-refractivity contribution in [3.63, 3.8) is 0 Å². The highest BCUT2D eigenvalue weighted by atomic mass is 19.4. The molecule has 0 unspecified atom stereocenters. The Hall–Kier alpha value is -3.53. The summed E-state index contributed by atoms with van der Waals surface area (Å²) in [6.07, 6.45) is -4.80. The van der Waals surface area contributed by atoms with E-state index in [0.717, 1.165) is 0 Å². The van der Waals surface area contributed by atoms with Gasteiger partial charge in [0.2, 0.25) is 5.95 Å². The van der Waals surface area contributed by atoms with Gasteiger partial charge >= 0.3 is 6.36 Å². The van der Waals surface area contributed by atoms with Crippen LogP contribution >= 0.6 is 0 Å². The molecule has 158 valence electrons. The van der Waals surface area contributed by atoms with Gasteiger partial charge in [-0.05, 0) is 24.3 Å². The zero-order valence-corrected chi connectivity index (χ0v) is 15.9. The Morgan fingerprint density at radius 2 is 1.83 bits per heavy atom. The lowest BCUT2D eigenvalue weighted by molar-refractivity contribution is -0.274. The molecule has 3 aromatic rings. The van der Waals surface area contributed by atoms with Crippen LogP contribution in [0.25, 0.3) is 11.3 Å². The quantitative estimate of drug-likeness (QED) is 0.503. The molecule has 3 N–H and O–H groups in total. The summed E-state index contributed by atoms with van der Waals surface area (Å²) in [6.45, 7) is 0.0620. The number of hydrogen-bond acceptors (Lipinski definition) is 7. The number of nitrogens with one attached hydrogen (secondary N) is 2. The number of rotatable bonds is 8. The van der Waals surface area contributed by atoms with Gasteiger partial charge in [-0.25, -0.2) is 4.98 Å². The molecule has 0 saturated carbocycles. The largest absolute Gasteiger partial charge is 0.573 e. The Bertz CT molecular complexity index is 999. The number of benzene rings is 2. The van der Waals surface area contributed by atoms with Crippen LogP contribution in [0.15, 0.2) is 54.6 Å². The van der Waals surface area contributed by atoms with E-state index in [4.69, 9.17) is 9.84 Å². The summed E-state index contributed by atoms with van der Waals surface area (Å²) in [4.78, 5) is 8.66. The zero-order chi connectivity index (χ0) is 21.6. The van der Waals surface area contributed by atoms with Gasteiger partial charge in [-0.3, -0.25) is 0 Å². The van der Waals surface area contributed by atoms with E-state index in [0.29, 0.717) is 28.5 Å². The third-order valence-corrected chi connectivity index (χ3v) is 3.85. The molecule has 0 atom stereocenters. The molecule has 0 saturated heterocycles. The van der Waals surface area contributed by atoms with Crippen LogP contribution in [-0.2, 0) is 0 Å². The van der Waals surface area contributed by atoms with Gasteiger partial charge < -0.3 is 25.2 Å². The van der Waals surface area contributed by atoms with Crippen molar-refractivity contribution in [2.45, 2.75) is 6.36 Å². The molecular weight excluding hydrogens is 401 g/mol. The van der Waals surface area contributed by atoms with Crippen molar-refractivity contribution in [2.75, 3.05) is 30.9 Å². The first kappa shape index (κ1) is 21.2. The van der Waals surface area contributed by atoms with Crippen LogP contribution in [0.2, 0.25) is 0 Å². The average Bonchev–Trinajstić information content (AvgIpc) is 2.71. The minimum Gasteiger partial charge on any atom is -0.495 e. The van der Waals surface area contributed by atoms with Crippen molar-refractivity contribution in [3.8, 4) is 22.8 Å². The van der Waals surface area contributed by atoms with Gasteiger partial charge in [0.15, 0.2) is 0 Å². The number of hydrogen-bond donors (Lipinski definition) is 3. The fourth-order valence-electron chi connectivity index (χ4n) is 2.64. The second-order valence-electron chi connectivity index (χ2n) is 6.01. The van der Waals surface area contributed by atoms with Gasteiger partial charge in [0.1, 0.15) is 17.3 Å². The van der Waals surface area contributed by atoms with Crippen LogP contribution < -0.4 is 20.1 Å². The van der Waals surface area contributed by atoms with Crippen LogP contribution in [0.4, 0.5) is 30.6 Å². The van der Waals surface area contributed by atoms with E-state index in [1.54, 1.807) is 24.3 Å². The molecule has 0 spiro atoms. The number of anilines is 3. The summed E-state index contributed by atoms with van der Waals surface area (Å²) in [5.41, 5.74) is 1.40. The Kier molecular flexibility index (Phi) is 6.58. The van der Waals surface area contributed by atoms with Crippen LogP contribution in [0.5, 0.6) is 11.5 Å². The molecule has 0 amide bonds. The average molecular weight is 420 g/mol. The fraction of sp³-hybridized carbons (Fsp3) is 0.200. The second-order valence-corrected chi connectivity index (χ2v) is 6.01. The minimum atomic E-state index is -4.80. The molecule has 1 heterocycles. The van der Waals surface area contributed by atoms with E-state index < -0.39 is 6.36 Å². The number of aliphatic hydroxyl groups excluding tert-OH is 1. The van der Waals surface area contributed by atoms with Crippen molar-refractivity contribution in [1.82, 2.24) is 9.97 Å². The Labute approximate surface area is 170 Å². The molecule has 0 bridgehead atoms. The summed E-state index contributed by atoms with van der Waals surface area (Å²) < 4.78 is 47.0. The maximum atomic E-state index is 12.6. The Morgan fingerprint density at radius 3 is 2.57 bits per heavy atom. The van der Waals surface area contributed by atoms with E-state index >= 15 is 0 Å². The van der Waals surface area contributed by atoms with Gasteiger partial charge in [-0.1, -0.05) is 24.3 Å². The predicted octanol–water partition coefficient (Wildman–Crippen LogP) is 4.20. The van der Waals surface area contributed by atoms with Gasteiger partial charge in [0.05, 0.1) is 25.1 Å². The number of alkyl halides is 3. The summed E-state index contributed by atoms with van der Waals surface area (Å²) in [6, 6.07) is 14.3. The second kappa shape index (κ2) is 9.31. The lowest BCUT2D eigenvalue weighted by Crippen LogP contribution is -2.17. The number of aromatic nitrogens is 2. The van der Waals surface area contributed by atoms with Crippen molar-refractivity contribution in [3.05, 3.63) is 54.6 Å². The number of para-hydroxylation sites is 2. The zero-order valence-electron chi connectivity index (χ0n) is 15.9. The maximum absolute atomic E-state index is 12.6. The van der Waals surface area contributed by atoms with Gasteiger partial charge in [-0.2, -0.15) is 4.98 Å². The molecule has 10 heteroatoms. The summed E-state index contributed by atoms with van der Waals surface area (Å²) in [5.74, 6) is 0.805. The van der Waals surface area contributed by atoms with E-state index in [2.05, 4.69) is 25.3 Å². The highest BCUT2D eigenvalue weighted by Crippen LogP contribution is 2.31. The van der Waals surface area contributed by atoms with Crippen molar-refractivity contribution in [1.29, 1.82) is 0 Å². The van der Waals surface area contributed by atoms with Crippen molar-refractivity contribution >= 4 is 17.5 Å². The SMILES string of the molecule is COc1ccccc1Nc1cc(-c2cccc(OC(F)(F)F)c2)nc(NCCO)n1. The van der Waals surface area contributed by atoms with Crippen molar-refractivity contribution in [2.24, 2.45) is 0 Å². The molecule has 0 aliphatic carbocycles. The first-order chi connectivity index (χ1) is 14.4. The molecule has 2 aromatic carbocycles. The summed E-state index contributed by atoms with van der Waals surface area (Å²) >= 11 is 0. The van der Waals surface area contributed by atoms with Gasteiger partial charge in [0, 0.05) is 18.2 Å². The highest BCUT2D eigenvalue weighted by molar-refractivity contribution is 5.70. The number of ether oxygens (including phenoxy) is 2. The monoisotopic (exact) mass is 420 g/mol. The van der Waals surface area contributed by atoms with E-state index in [9.17, 15) is 13.2 Å². The number of aliphatic hydroxyl groups is 1. The maximum Gasteiger partial charge on any atom is 0.573 e. The molecule has 0 aliphatic heterocycles. The first-order valence-electron chi connectivity index (χ1n) is 8.88. The molecule has 0 fully saturated rings. The smallest absolute Gasteiger partial charge is 0.495 e. The number of methoxy groups -OCH3 is 1. The normalized spacial score (nSPS) is 11.1. The summed E-state index contributed by atoms with van der Waals surface area (Å²) in [7, 11) is 1.53. The molecule has 0 aliphatic rings. The molecule has 1 aromatic heterocycles. The Balaban J connectivity index is 1.98. The molecule has 0 radical (unpaired) electrons. The van der Waals surface area contributed by atoms with Crippen LogP contribution in [0.1, 0.15) is 0 Å². The standard InChI is InChI=1S/C20H19F3N4O3/c1-29-17-8-3-2-7-15(17)25-18-12-16(26-19(27-18)24-9-10-28)13-5-4-6-14(11-13)30-20(21,22)23/h2-8,11-12,28H,9-10H2,1H3,(H2,24,25,26,27). The molecule has 7 nitrogen and oxygen atoms in total. The number of halogens is 3. The molecule has 30 heavy (non-hydrogen) atoms. The molecule has 3 rings (SSSR count). The van der Waals surface area contributed by atoms with Gasteiger partial charge in [-0.15, -0.1) is 13.2 Å². The van der Waals surface area contributed by atoms with E-state index in [1.165, 1.54) is 25.3 Å². The third-order valence-electron chi connectivity index (χ3n) is 3.85. The van der Waals surface area contributed by atoms with Gasteiger partial charge in [0.25, 0.3) is 0 Å². The topological polar surface area (TPSA) is 88.5 Å². The van der Waals surface area contributed by atoms with Crippen LogP contribution in [-0.4, -0.2) is 41.7 Å². The minimum absolute atomic E-state index is 0.141.